The van der Waals surface area contributed by atoms with Crippen molar-refractivity contribution in [2.75, 3.05) is 13.2 Å². The van der Waals surface area contributed by atoms with Gasteiger partial charge in [-0.25, -0.2) is 9.59 Å². The lowest BCUT2D eigenvalue weighted by atomic mass is 10.1. The number of hydrogen-bond donors (Lipinski definition) is 2. The zero-order valence-corrected chi connectivity index (χ0v) is 19.7. The summed E-state index contributed by atoms with van der Waals surface area (Å²) in [6.07, 6.45) is 0. The van der Waals surface area contributed by atoms with Crippen LogP contribution in [0.25, 0.3) is 0 Å². The number of esters is 2. The predicted molar refractivity (Wildman–Crippen MR) is 107 cm³/mol. The van der Waals surface area contributed by atoms with Gasteiger partial charge >= 0.3 is 11.9 Å². The van der Waals surface area contributed by atoms with Gasteiger partial charge in [0.25, 0.3) is 19.4 Å². The summed E-state index contributed by atoms with van der Waals surface area (Å²) in [6.45, 7) is 4.62. The maximum Gasteiger partial charge on any atom is 0.331 e. The fourth-order valence-electron chi connectivity index (χ4n) is 1.44. The van der Waals surface area contributed by atoms with Crippen LogP contribution in [-0.4, -0.2) is 55.6 Å². The Kier molecular flexibility index (Phi) is 9.95. The van der Waals surface area contributed by atoms with Crippen molar-refractivity contribution in [2.45, 2.75) is 46.4 Å². The standard InChI is InChI=1S/C14H18Cl6N2O6/c1-11(2,21-7(23)13(15,16)17)9(25)27-5-6-28-10(26)12(3,4)22-8(24)14(18,19)20/h5-6H2,1-4H3,(H,21,23)(H,22,24). The molecule has 0 bridgehead atoms. The molecule has 0 aliphatic carbocycles. The minimum atomic E-state index is -2.25. The Morgan fingerprint density at radius 2 is 0.893 bits per heavy atom. The van der Waals surface area contributed by atoms with Gasteiger partial charge in [0.2, 0.25) is 0 Å². The molecule has 0 spiro atoms. The monoisotopic (exact) mass is 520 g/mol. The van der Waals surface area contributed by atoms with Crippen molar-refractivity contribution in [3.63, 3.8) is 0 Å². The predicted octanol–water partition coefficient (Wildman–Crippen LogP) is 2.60. The lowest BCUT2D eigenvalue weighted by Gasteiger charge is -2.27. The molecule has 0 aliphatic heterocycles. The maximum atomic E-state index is 12.0. The third-order valence-corrected chi connectivity index (χ3v) is 3.97. The first-order chi connectivity index (χ1) is 12.3. The highest BCUT2D eigenvalue weighted by atomic mass is 35.6. The molecule has 14 heteroatoms. The number of amides is 2. The van der Waals surface area contributed by atoms with Gasteiger partial charge in [-0.3, -0.25) is 9.59 Å². The molecule has 0 rings (SSSR count). The largest absolute Gasteiger partial charge is 0.460 e. The molecule has 0 aromatic rings. The number of nitrogens with one attached hydrogen (secondary N) is 2. The normalized spacial score (nSPS) is 12.8. The molecule has 0 saturated carbocycles. The van der Waals surface area contributed by atoms with Gasteiger partial charge in [0.05, 0.1) is 0 Å². The molecule has 28 heavy (non-hydrogen) atoms. The van der Waals surface area contributed by atoms with E-state index in [9.17, 15) is 19.2 Å². The van der Waals surface area contributed by atoms with Gasteiger partial charge in [-0.05, 0) is 27.7 Å². The Bertz CT molecular complexity index is 573. The summed E-state index contributed by atoms with van der Waals surface area (Å²) < 4.78 is 5.31. The van der Waals surface area contributed by atoms with E-state index >= 15 is 0 Å². The molecular weight excluding hydrogens is 505 g/mol. The highest BCUT2D eigenvalue weighted by Crippen LogP contribution is 2.27. The van der Waals surface area contributed by atoms with E-state index in [0.29, 0.717) is 0 Å². The van der Waals surface area contributed by atoms with Gasteiger partial charge in [0, 0.05) is 0 Å². The van der Waals surface area contributed by atoms with Crippen molar-refractivity contribution in [3.05, 3.63) is 0 Å². The molecule has 0 saturated heterocycles. The van der Waals surface area contributed by atoms with Crippen LogP contribution in [0.5, 0.6) is 0 Å². The van der Waals surface area contributed by atoms with Gasteiger partial charge in [-0.1, -0.05) is 69.6 Å². The first kappa shape index (κ1) is 27.6. The molecule has 0 aromatic carbocycles. The number of ether oxygens (including phenoxy) is 2. The minimum Gasteiger partial charge on any atom is -0.460 e. The summed E-state index contributed by atoms with van der Waals surface area (Å²) in [5.74, 6) is -3.76. The molecule has 0 unspecified atom stereocenters. The van der Waals surface area contributed by atoms with Crippen molar-refractivity contribution >= 4 is 93.4 Å². The molecule has 0 radical (unpaired) electrons. The number of alkyl halides is 6. The zero-order valence-electron chi connectivity index (χ0n) is 15.1. The number of carbonyl (C=O) groups excluding carboxylic acids is 4. The average molecular weight is 523 g/mol. The first-order valence-electron chi connectivity index (χ1n) is 7.44. The maximum absolute atomic E-state index is 12.0. The third-order valence-electron chi connectivity index (χ3n) is 2.94. The Hall–Kier alpha value is -0.380. The fraction of sp³-hybridized carbons (Fsp3) is 0.714. The lowest BCUT2D eigenvalue weighted by molar-refractivity contribution is -0.160. The molecule has 162 valence electrons. The molecule has 8 nitrogen and oxygen atoms in total. The highest BCUT2D eigenvalue weighted by molar-refractivity contribution is 6.76. The summed E-state index contributed by atoms with van der Waals surface area (Å²) in [7, 11) is 0. The number of rotatable bonds is 7. The fourth-order valence-corrected chi connectivity index (χ4v) is 1.72. The van der Waals surface area contributed by atoms with Crippen LogP contribution in [-0.2, 0) is 28.7 Å². The van der Waals surface area contributed by atoms with Gasteiger partial charge in [0.15, 0.2) is 0 Å². The van der Waals surface area contributed by atoms with Crippen LogP contribution in [0.1, 0.15) is 27.7 Å². The van der Waals surface area contributed by atoms with E-state index in [2.05, 4.69) is 10.6 Å². The smallest absolute Gasteiger partial charge is 0.331 e. The molecule has 2 amide bonds. The van der Waals surface area contributed by atoms with Crippen LogP contribution < -0.4 is 10.6 Å². The van der Waals surface area contributed by atoms with E-state index in [1.807, 2.05) is 0 Å². The van der Waals surface area contributed by atoms with E-state index < -0.39 is 42.4 Å². The Morgan fingerprint density at radius 3 is 1.11 bits per heavy atom. The van der Waals surface area contributed by atoms with Crippen LogP contribution in [0.3, 0.4) is 0 Å². The van der Waals surface area contributed by atoms with Crippen molar-refractivity contribution in [1.82, 2.24) is 10.6 Å². The second-order valence-electron chi connectivity index (χ2n) is 6.43. The quantitative estimate of drug-likeness (QED) is 0.302. The lowest BCUT2D eigenvalue weighted by Crippen LogP contribution is -2.54. The summed E-state index contributed by atoms with van der Waals surface area (Å²) >= 11 is 32.5. The van der Waals surface area contributed by atoms with Crippen molar-refractivity contribution in [1.29, 1.82) is 0 Å². The SMILES string of the molecule is CC(C)(NC(=O)C(Cl)(Cl)Cl)C(=O)OCCOC(=O)C(C)(C)NC(=O)C(Cl)(Cl)Cl. The van der Waals surface area contributed by atoms with Gasteiger partial charge < -0.3 is 20.1 Å². The molecule has 0 heterocycles. The Labute approximate surface area is 191 Å². The number of halogens is 6. The van der Waals surface area contributed by atoms with Crippen molar-refractivity contribution in [3.8, 4) is 0 Å². The van der Waals surface area contributed by atoms with Gasteiger partial charge in [-0.2, -0.15) is 0 Å². The molecule has 0 fully saturated rings. The zero-order chi connectivity index (χ0) is 22.6. The van der Waals surface area contributed by atoms with E-state index in [4.69, 9.17) is 79.1 Å². The van der Waals surface area contributed by atoms with E-state index in [-0.39, 0.29) is 13.2 Å². The second-order valence-corrected chi connectivity index (χ2v) is 11.0. The van der Waals surface area contributed by atoms with Crippen LogP contribution in [0.4, 0.5) is 0 Å². The minimum absolute atomic E-state index is 0.341. The van der Waals surface area contributed by atoms with E-state index in [0.717, 1.165) is 0 Å². The molecular formula is C14H18Cl6N2O6. The van der Waals surface area contributed by atoms with E-state index in [1.54, 1.807) is 0 Å². The van der Waals surface area contributed by atoms with Crippen LogP contribution in [0.15, 0.2) is 0 Å². The van der Waals surface area contributed by atoms with Gasteiger partial charge in [-0.15, -0.1) is 0 Å². The van der Waals surface area contributed by atoms with Crippen molar-refractivity contribution in [2.24, 2.45) is 0 Å². The molecule has 2 N–H and O–H groups in total. The Morgan fingerprint density at radius 1 is 0.643 bits per heavy atom. The Balaban J connectivity index is 4.54. The molecule has 0 aromatic heterocycles. The number of carbonyl (C=O) groups is 4. The number of hydrogen-bond acceptors (Lipinski definition) is 6. The third kappa shape index (κ3) is 9.41. The summed E-state index contributed by atoms with van der Waals surface area (Å²) in [4.78, 5) is 47.3. The van der Waals surface area contributed by atoms with Crippen LogP contribution in [0, 0.1) is 0 Å². The topological polar surface area (TPSA) is 111 Å². The van der Waals surface area contributed by atoms with Crippen LogP contribution in [0.2, 0.25) is 0 Å². The van der Waals surface area contributed by atoms with Crippen LogP contribution >= 0.6 is 69.6 Å². The van der Waals surface area contributed by atoms with Crippen molar-refractivity contribution < 1.29 is 28.7 Å². The molecule has 0 atom stereocenters. The summed E-state index contributed by atoms with van der Waals surface area (Å²) in [5.41, 5.74) is -3.02. The molecule has 0 aliphatic rings. The van der Waals surface area contributed by atoms with E-state index in [1.165, 1.54) is 27.7 Å². The average Bonchev–Trinajstić information content (AvgIpc) is 2.48. The summed E-state index contributed by atoms with van der Waals surface area (Å²) in [6, 6.07) is 0. The van der Waals surface area contributed by atoms with Gasteiger partial charge in [0.1, 0.15) is 24.3 Å². The first-order valence-corrected chi connectivity index (χ1v) is 9.70. The second kappa shape index (κ2) is 10.1. The summed E-state index contributed by atoms with van der Waals surface area (Å²) in [5, 5.41) is 4.41. The highest BCUT2D eigenvalue weighted by Gasteiger charge is 2.40.